The standard InChI is InChI=1S/C17H17F2NO3S.ClH/c18-14-3-1-13(2-4-14)12-24(21,22)17-7-5-16(6-8-17)23-11-15(19)9-10-20;/h1-9H,10-12,20H2;1H/b15-9-;. The highest BCUT2D eigenvalue weighted by atomic mass is 35.5. The predicted molar refractivity (Wildman–Crippen MR) is 94.7 cm³/mol. The molecule has 0 saturated carbocycles. The highest BCUT2D eigenvalue weighted by molar-refractivity contribution is 7.90. The number of sulfone groups is 1. The minimum atomic E-state index is -3.56. The third-order valence-electron chi connectivity index (χ3n) is 3.17. The number of hydrogen-bond acceptors (Lipinski definition) is 4. The van der Waals surface area contributed by atoms with Gasteiger partial charge in [0.2, 0.25) is 0 Å². The van der Waals surface area contributed by atoms with E-state index < -0.39 is 21.5 Å². The van der Waals surface area contributed by atoms with Gasteiger partial charge in [0.15, 0.2) is 9.84 Å². The zero-order chi connectivity index (χ0) is 17.6. The fourth-order valence-corrected chi connectivity index (χ4v) is 3.31. The maximum absolute atomic E-state index is 13.2. The molecule has 0 unspecified atom stereocenters. The molecule has 0 fully saturated rings. The van der Waals surface area contributed by atoms with Gasteiger partial charge >= 0.3 is 0 Å². The van der Waals surface area contributed by atoms with Crippen LogP contribution < -0.4 is 10.5 Å². The van der Waals surface area contributed by atoms with E-state index in [9.17, 15) is 17.2 Å². The van der Waals surface area contributed by atoms with Gasteiger partial charge in [0, 0.05) is 6.54 Å². The zero-order valence-corrected chi connectivity index (χ0v) is 14.8. The largest absolute Gasteiger partial charge is 0.487 e. The molecule has 2 aromatic rings. The fourth-order valence-electron chi connectivity index (χ4n) is 1.97. The van der Waals surface area contributed by atoms with Crippen LogP contribution in [0.5, 0.6) is 5.75 Å². The monoisotopic (exact) mass is 389 g/mol. The van der Waals surface area contributed by atoms with Crippen molar-refractivity contribution in [3.63, 3.8) is 0 Å². The molecule has 0 aliphatic rings. The Morgan fingerprint density at radius 2 is 1.68 bits per heavy atom. The summed E-state index contributed by atoms with van der Waals surface area (Å²) in [5.74, 6) is -0.808. The van der Waals surface area contributed by atoms with Gasteiger partial charge < -0.3 is 10.5 Å². The van der Waals surface area contributed by atoms with Crippen molar-refractivity contribution in [2.75, 3.05) is 13.2 Å². The molecule has 0 amide bonds. The van der Waals surface area contributed by atoms with E-state index in [0.717, 1.165) is 0 Å². The summed E-state index contributed by atoms with van der Waals surface area (Å²) in [4.78, 5) is 0.108. The molecule has 0 aromatic heterocycles. The molecule has 25 heavy (non-hydrogen) atoms. The highest BCUT2D eigenvalue weighted by Crippen LogP contribution is 2.20. The Bertz CT molecular complexity index is 807. The summed E-state index contributed by atoms with van der Waals surface area (Å²) in [6.07, 6.45) is 1.20. The van der Waals surface area contributed by atoms with Crippen LogP contribution in [0.15, 0.2) is 65.3 Å². The summed E-state index contributed by atoms with van der Waals surface area (Å²) in [5.41, 5.74) is 5.67. The zero-order valence-electron chi connectivity index (χ0n) is 13.2. The normalized spacial score (nSPS) is 11.7. The molecule has 4 nitrogen and oxygen atoms in total. The Labute approximate surface area is 151 Å². The molecular formula is C17H18ClF2NO3S. The van der Waals surface area contributed by atoms with Crippen molar-refractivity contribution in [3.05, 3.63) is 71.8 Å². The highest BCUT2D eigenvalue weighted by Gasteiger charge is 2.15. The molecule has 0 saturated heterocycles. The Balaban J connectivity index is 0.00000312. The Morgan fingerprint density at radius 3 is 2.24 bits per heavy atom. The van der Waals surface area contributed by atoms with Gasteiger partial charge in [-0.05, 0) is 48.0 Å². The first-order chi connectivity index (χ1) is 11.4. The summed E-state index contributed by atoms with van der Waals surface area (Å²) >= 11 is 0. The SMILES string of the molecule is Cl.NC/C=C(\F)COc1ccc(S(=O)(=O)Cc2ccc(F)cc2)cc1. The number of hydrogen-bond donors (Lipinski definition) is 1. The lowest BCUT2D eigenvalue weighted by molar-refractivity contribution is 0.318. The molecule has 8 heteroatoms. The molecule has 0 spiro atoms. The van der Waals surface area contributed by atoms with Crippen LogP contribution in [0.25, 0.3) is 0 Å². The predicted octanol–water partition coefficient (Wildman–Crippen LogP) is 3.41. The van der Waals surface area contributed by atoms with Crippen LogP contribution in [0.4, 0.5) is 8.78 Å². The van der Waals surface area contributed by atoms with Gasteiger partial charge in [-0.2, -0.15) is 0 Å². The first-order valence-electron chi connectivity index (χ1n) is 7.15. The molecule has 0 aliphatic heterocycles. The minimum absolute atomic E-state index is 0. The van der Waals surface area contributed by atoms with Crippen molar-refractivity contribution in [2.45, 2.75) is 10.6 Å². The summed E-state index contributed by atoms with van der Waals surface area (Å²) < 4.78 is 55.9. The van der Waals surface area contributed by atoms with Crippen LogP contribution >= 0.6 is 12.4 Å². The van der Waals surface area contributed by atoms with E-state index in [-0.39, 0.29) is 36.2 Å². The smallest absolute Gasteiger partial charge is 0.182 e. The van der Waals surface area contributed by atoms with Crippen molar-refractivity contribution in [1.82, 2.24) is 0 Å². The Hall–Kier alpha value is -1.96. The minimum Gasteiger partial charge on any atom is -0.487 e. The fraction of sp³-hybridized carbons (Fsp3) is 0.176. The molecule has 0 bridgehead atoms. The summed E-state index contributed by atoms with van der Waals surface area (Å²) in [6.45, 7) is -0.186. The van der Waals surface area contributed by atoms with E-state index in [2.05, 4.69) is 0 Å². The van der Waals surface area contributed by atoms with Gasteiger partial charge in [0.05, 0.1) is 10.6 Å². The number of nitrogens with two attached hydrogens (primary N) is 1. The van der Waals surface area contributed by atoms with E-state index in [1.54, 1.807) is 0 Å². The Kier molecular flexibility index (Phi) is 8.02. The van der Waals surface area contributed by atoms with Gasteiger partial charge in [-0.25, -0.2) is 17.2 Å². The second kappa shape index (κ2) is 9.50. The van der Waals surface area contributed by atoms with Crippen LogP contribution in [0, 0.1) is 5.82 Å². The van der Waals surface area contributed by atoms with Crippen LogP contribution in [0.2, 0.25) is 0 Å². The van der Waals surface area contributed by atoms with Crippen LogP contribution in [0.1, 0.15) is 5.56 Å². The Morgan fingerprint density at radius 1 is 1.08 bits per heavy atom. The average molecular weight is 390 g/mol. The van der Waals surface area contributed by atoms with Gasteiger partial charge in [-0.3, -0.25) is 0 Å². The quantitative estimate of drug-likeness (QED) is 0.787. The lowest BCUT2D eigenvalue weighted by Crippen LogP contribution is -2.05. The number of halogens is 3. The molecule has 0 radical (unpaired) electrons. The van der Waals surface area contributed by atoms with Gasteiger partial charge in [-0.1, -0.05) is 12.1 Å². The van der Waals surface area contributed by atoms with Crippen molar-refractivity contribution in [3.8, 4) is 5.75 Å². The van der Waals surface area contributed by atoms with Gasteiger partial charge in [0.1, 0.15) is 24.0 Å². The molecular weight excluding hydrogens is 372 g/mol. The van der Waals surface area contributed by atoms with Crippen molar-refractivity contribution in [2.24, 2.45) is 5.73 Å². The molecule has 0 aliphatic carbocycles. The second-order valence-electron chi connectivity index (χ2n) is 5.03. The lowest BCUT2D eigenvalue weighted by atomic mass is 10.2. The number of ether oxygens (including phenoxy) is 1. The van der Waals surface area contributed by atoms with Crippen LogP contribution in [-0.2, 0) is 15.6 Å². The van der Waals surface area contributed by atoms with Crippen molar-refractivity contribution < 1.29 is 21.9 Å². The number of rotatable bonds is 7. The second-order valence-corrected chi connectivity index (χ2v) is 7.02. The molecule has 2 aromatic carbocycles. The van der Waals surface area contributed by atoms with Crippen molar-refractivity contribution >= 4 is 22.2 Å². The lowest BCUT2D eigenvalue weighted by Gasteiger charge is -2.07. The van der Waals surface area contributed by atoms with E-state index in [4.69, 9.17) is 10.5 Å². The van der Waals surface area contributed by atoms with E-state index in [0.29, 0.717) is 11.3 Å². The molecule has 0 atom stereocenters. The third kappa shape index (κ3) is 6.45. The third-order valence-corrected chi connectivity index (χ3v) is 4.87. The first kappa shape index (κ1) is 21.1. The summed E-state index contributed by atoms with van der Waals surface area (Å²) in [7, 11) is -3.56. The van der Waals surface area contributed by atoms with Gasteiger partial charge in [0.25, 0.3) is 0 Å². The van der Waals surface area contributed by atoms with E-state index in [1.165, 1.54) is 54.6 Å². The van der Waals surface area contributed by atoms with Crippen LogP contribution in [-0.4, -0.2) is 21.6 Å². The topological polar surface area (TPSA) is 69.4 Å². The molecule has 2 N–H and O–H groups in total. The van der Waals surface area contributed by atoms with Crippen LogP contribution in [0.3, 0.4) is 0 Å². The molecule has 0 heterocycles. The van der Waals surface area contributed by atoms with Gasteiger partial charge in [-0.15, -0.1) is 12.4 Å². The first-order valence-corrected chi connectivity index (χ1v) is 8.80. The van der Waals surface area contributed by atoms with Crippen molar-refractivity contribution in [1.29, 1.82) is 0 Å². The molecule has 2 rings (SSSR count). The summed E-state index contributed by atoms with van der Waals surface area (Å²) in [6, 6.07) is 11.0. The van der Waals surface area contributed by atoms with E-state index >= 15 is 0 Å². The maximum atomic E-state index is 13.2. The maximum Gasteiger partial charge on any atom is 0.182 e. The summed E-state index contributed by atoms with van der Waals surface area (Å²) in [5, 5.41) is 0. The molecule has 136 valence electrons. The average Bonchev–Trinajstić information content (AvgIpc) is 2.56. The number of benzene rings is 2. The van der Waals surface area contributed by atoms with E-state index in [1.807, 2.05) is 0 Å².